The largest absolute Gasteiger partial charge is 0.496 e. The first-order valence-electron chi connectivity index (χ1n) is 8.09. The van der Waals surface area contributed by atoms with Gasteiger partial charge < -0.3 is 9.64 Å². The van der Waals surface area contributed by atoms with Crippen LogP contribution in [0.2, 0.25) is 5.02 Å². The highest BCUT2D eigenvalue weighted by atomic mass is 35.5. The monoisotopic (exact) mass is 348 g/mol. The van der Waals surface area contributed by atoms with Gasteiger partial charge in [-0.2, -0.15) is 5.10 Å². The van der Waals surface area contributed by atoms with E-state index in [-0.39, 0.29) is 18.4 Å². The van der Waals surface area contributed by atoms with E-state index in [9.17, 15) is 4.79 Å². The molecule has 7 heteroatoms. The third kappa shape index (κ3) is 3.53. The first kappa shape index (κ1) is 16.8. The van der Waals surface area contributed by atoms with Crippen LogP contribution in [0.4, 0.5) is 0 Å². The summed E-state index contributed by atoms with van der Waals surface area (Å²) in [5.74, 6) is 2.18. The molecule has 0 saturated carbocycles. The third-order valence-corrected chi connectivity index (χ3v) is 4.55. The topological polar surface area (TPSA) is 71.1 Å². The molecule has 0 spiro atoms. The van der Waals surface area contributed by atoms with Crippen LogP contribution in [0.3, 0.4) is 0 Å². The van der Waals surface area contributed by atoms with Crippen molar-refractivity contribution in [2.45, 2.75) is 38.6 Å². The number of aryl methyl sites for hydroxylation is 1. The highest BCUT2D eigenvalue weighted by Gasteiger charge is 2.31. The molecule has 1 N–H and O–H groups in total. The molecule has 0 bridgehead atoms. The Morgan fingerprint density at radius 1 is 1.46 bits per heavy atom. The molecule has 1 aliphatic heterocycles. The molecule has 1 saturated heterocycles. The summed E-state index contributed by atoms with van der Waals surface area (Å²) < 4.78 is 5.34. The van der Waals surface area contributed by atoms with Gasteiger partial charge in [-0.15, -0.1) is 0 Å². The summed E-state index contributed by atoms with van der Waals surface area (Å²) in [5, 5.41) is 7.71. The molecule has 1 fully saturated rings. The van der Waals surface area contributed by atoms with Crippen LogP contribution in [0.25, 0.3) is 0 Å². The summed E-state index contributed by atoms with van der Waals surface area (Å²) in [7, 11) is 1.59. The Morgan fingerprint density at radius 2 is 2.29 bits per heavy atom. The van der Waals surface area contributed by atoms with Crippen molar-refractivity contribution in [2.75, 3.05) is 13.7 Å². The van der Waals surface area contributed by atoms with Crippen molar-refractivity contribution in [3.8, 4) is 5.75 Å². The van der Waals surface area contributed by atoms with Crippen molar-refractivity contribution in [3.05, 3.63) is 40.4 Å². The number of halogens is 1. The number of piperidine rings is 1. The zero-order valence-electron chi connectivity index (χ0n) is 13.9. The SMILES string of the molecule is COc1ccc(Cl)cc1CC(=O)N1CCCC[C@H]1c1n[nH]c(C)n1. The fourth-order valence-corrected chi connectivity index (χ4v) is 3.35. The fraction of sp³-hybridized carbons (Fsp3) is 0.471. The maximum atomic E-state index is 12.9. The Hall–Kier alpha value is -2.08. The number of rotatable bonds is 4. The molecule has 24 heavy (non-hydrogen) atoms. The fourth-order valence-electron chi connectivity index (χ4n) is 3.16. The molecule has 2 aromatic rings. The Kier molecular flexibility index (Phi) is 5.04. The van der Waals surface area contributed by atoms with E-state index >= 15 is 0 Å². The van der Waals surface area contributed by atoms with Crippen molar-refractivity contribution in [3.63, 3.8) is 0 Å². The van der Waals surface area contributed by atoms with Crippen LogP contribution < -0.4 is 4.74 Å². The van der Waals surface area contributed by atoms with Crippen LogP contribution in [0.5, 0.6) is 5.75 Å². The number of hydrogen-bond acceptors (Lipinski definition) is 4. The van der Waals surface area contributed by atoms with Crippen LogP contribution in [-0.2, 0) is 11.2 Å². The number of benzene rings is 1. The summed E-state index contributed by atoms with van der Waals surface area (Å²) in [4.78, 5) is 19.2. The van der Waals surface area contributed by atoms with Crippen LogP contribution in [-0.4, -0.2) is 39.6 Å². The van der Waals surface area contributed by atoms with E-state index in [1.54, 1.807) is 25.3 Å². The number of nitrogens with one attached hydrogen (secondary N) is 1. The quantitative estimate of drug-likeness (QED) is 0.921. The molecule has 6 nitrogen and oxygen atoms in total. The van der Waals surface area contributed by atoms with Gasteiger partial charge in [0.15, 0.2) is 5.82 Å². The highest BCUT2D eigenvalue weighted by Crippen LogP contribution is 2.30. The molecule has 1 aromatic heterocycles. The molecule has 3 rings (SSSR count). The molecule has 0 aliphatic carbocycles. The normalized spacial score (nSPS) is 17.8. The molecule has 0 radical (unpaired) electrons. The zero-order valence-corrected chi connectivity index (χ0v) is 14.6. The Bertz CT molecular complexity index is 731. The number of ether oxygens (including phenoxy) is 1. The molecule has 1 amide bonds. The van der Waals surface area contributed by atoms with Gasteiger partial charge in [-0.3, -0.25) is 9.89 Å². The Labute approximate surface area is 146 Å². The molecule has 128 valence electrons. The number of aromatic nitrogens is 3. The molecule has 1 aliphatic rings. The summed E-state index contributed by atoms with van der Waals surface area (Å²) in [6, 6.07) is 5.27. The average Bonchev–Trinajstić information content (AvgIpc) is 3.01. The second-order valence-corrected chi connectivity index (χ2v) is 6.45. The molecule has 2 heterocycles. The number of methoxy groups -OCH3 is 1. The van der Waals surface area contributed by atoms with E-state index in [0.29, 0.717) is 16.6 Å². The maximum absolute atomic E-state index is 12.9. The van der Waals surface area contributed by atoms with Gasteiger partial charge in [0.1, 0.15) is 11.6 Å². The first-order valence-corrected chi connectivity index (χ1v) is 8.47. The predicted molar refractivity (Wildman–Crippen MR) is 91.1 cm³/mol. The standard InChI is InChI=1S/C17H21ClN4O2/c1-11-19-17(21-20-11)14-5-3-4-8-22(14)16(23)10-12-9-13(18)6-7-15(12)24-2/h6-7,9,14H,3-5,8,10H2,1-2H3,(H,19,20,21)/t14-/m0/s1. The zero-order chi connectivity index (χ0) is 17.1. The average molecular weight is 349 g/mol. The first-order chi connectivity index (χ1) is 11.6. The van der Waals surface area contributed by atoms with Crippen molar-refractivity contribution >= 4 is 17.5 Å². The Morgan fingerprint density at radius 3 is 3.00 bits per heavy atom. The second-order valence-electron chi connectivity index (χ2n) is 6.01. The maximum Gasteiger partial charge on any atom is 0.227 e. The molecular formula is C17H21ClN4O2. The summed E-state index contributed by atoms with van der Waals surface area (Å²) >= 11 is 6.07. The predicted octanol–water partition coefficient (Wildman–Crippen LogP) is 3.07. The minimum Gasteiger partial charge on any atom is -0.496 e. The van der Waals surface area contributed by atoms with Gasteiger partial charge in [-0.25, -0.2) is 4.98 Å². The number of nitrogens with zero attached hydrogens (tertiary/aromatic N) is 3. The van der Waals surface area contributed by atoms with Crippen LogP contribution in [0, 0.1) is 6.92 Å². The van der Waals surface area contributed by atoms with Crippen LogP contribution in [0.1, 0.15) is 42.5 Å². The van der Waals surface area contributed by atoms with E-state index in [4.69, 9.17) is 16.3 Å². The summed E-state index contributed by atoms with van der Waals surface area (Å²) in [6.07, 6.45) is 3.21. The van der Waals surface area contributed by atoms with E-state index in [2.05, 4.69) is 15.2 Å². The smallest absolute Gasteiger partial charge is 0.227 e. The summed E-state index contributed by atoms with van der Waals surface area (Å²) in [6.45, 7) is 2.59. The van der Waals surface area contributed by atoms with E-state index in [1.807, 2.05) is 11.8 Å². The van der Waals surface area contributed by atoms with Crippen molar-refractivity contribution in [1.29, 1.82) is 0 Å². The number of aromatic amines is 1. The Balaban J connectivity index is 1.81. The lowest BCUT2D eigenvalue weighted by Crippen LogP contribution is -2.40. The number of amides is 1. The van der Waals surface area contributed by atoms with Gasteiger partial charge in [-0.1, -0.05) is 11.6 Å². The summed E-state index contributed by atoms with van der Waals surface area (Å²) in [5.41, 5.74) is 0.797. The van der Waals surface area contributed by atoms with Gasteiger partial charge >= 0.3 is 0 Å². The molecular weight excluding hydrogens is 328 g/mol. The number of carbonyl (C=O) groups excluding carboxylic acids is 1. The number of likely N-dealkylation sites (tertiary alicyclic amines) is 1. The van der Waals surface area contributed by atoms with Gasteiger partial charge in [0.05, 0.1) is 19.6 Å². The lowest BCUT2D eigenvalue weighted by Gasteiger charge is -2.34. The van der Waals surface area contributed by atoms with Crippen molar-refractivity contribution < 1.29 is 9.53 Å². The van der Waals surface area contributed by atoms with E-state index < -0.39 is 0 Å². The van der Waals surface area contributed by atoms with Crippen LogP contribution in [0.15, 0.2) is 18.2 Å². The van der Waals surface area contributed by atoms with Crippen molar-refractivity contribution in [2.24, 2.45) is 0 Å². The molecule has 1 aromatic carbocycles. The van der Waals surface area contributed by atoms with Gasteiger partial charge in [0, 0.05) is 17.1 Å². The molecule has 1 atom stereocenters. The number of hydrogen-bond donors (Lipinski definition) is 1. The lowest BCUT2D eigenvalue weighted by atomic mass is 10.00. The number of carbonyl (C=O) groups is 1. The third-order valence-electron chi connectivity index (χ3n) is 4.32. The second kappa shape index (κ2) is 7.21. The minimum atomic E-state index is -0.0682. The lowest BCUT2D eigenvalue weighted by molar-refractivity contribution is -0.134. The van der Waals surface area contributed by atoms with Crippen LogP contribution >= 0.6 is 11.6 Å². The van der Waals surface area contributed by atoms with Crippen molar-refractivity contribution in [1.82, 2.24) is 20.1 Å². The van der Waals surface area contributed by atoms with E-state index in [1.165, 1.54) is 0 Å². The van der Waals surface area contributed by atoms with Gasteiger partial charge in [0.2, 0.25) is 5.91 Å². The number of H-pyrrole nitrogens is 1. The van der Waals surface area contributed by atoms with Gasteiger partial charge in [-0.05, 0) is 44.4 Å². The van der Waals surface area contributed by atoms with Gasteiger partial charge in [0.25, 0.3) is 0 Å². The molecule has 0 unspecified atom stereocenters. The minimum absolute atomic E-state index is 0.0442. The van der Waals surface area contributed by atoms with E-state index in [0.717, 1.165) is 37.2 Å². The highest BCUT2D eigenvalue weighted by molar-refractivity contribution is 6.30.